The van der Waals surface area contributed by atoms with Gasteiger partial charge in [0.05, 0.1) is 13.2 Å². The molecule has 2 amide bonds. The molecule has 6 nitrogen and oxygen atoms in total. The molecule has 0 saturated carbocycles. The van der Waals surface area contributed by atoms with Gasteiger partial charge in [-0.1, -0.05) is 0 Å². The SMILES string of the molecule is CNC(=O)[C@@H]1CN(C(=O)c2ccc(N(C)C)cc2)CCO1. The number of ether oxygens (including phenoxy) is 1. The fraction of sp³-hybridized carbons (Fsp3) is 0.467. The van der Waals surface area contributed by atoms with Gasteiger partial charge in [-0.05, 0) is 24.3 Å². The van der Waals surface area contributed by atoms with Crippen LogP contribution in [0.5, 0.6) is 0 Å². The molecule has 21 heavy (non-hydrogen) atoms. The molecular formula is C15H21N3O3. The van der Waals surface area contributed by atoms with Gasteiger partial charge in [0.2, 0.25) is 0 Å². The first kappa shape index (κ1) is 15.3. The van der Waals surface area contributed by atoms with Crippen molar-refractivity contribution in [3.8, 4) is 0 Å². The molecule has 1 heterocycles. The van der Waals surface area contributed by atoms with Gasteiger partial charge in [0.1, 0.15) is 0 Å². The van der Waals surface area contributed by atoms with Gasteiger partial charge in [0, 0.05) is 38.9 Å². The predicted molar refractivity (Wildman–Crippen MR) is 80.5 cm³/mol. The lowest BCUT2D eigenvalue weighted by Gasteiger charge is -2.32. The zero-order valence-corrected chi connectivity index (χ0v) is 12.6. The van der Waals surface area contributed by atoms with E-state index >= 15 is 0 Å². The number of benzene rings is 1. The highest BCUT2D eigenvalue weighted by Gasteiger charge is 2.29. The number of hydrogen-bond donors (Lipinski definition) is 1. The molecule has 1 N–H and O–H groups in total. The van der Waals surface area contributed by atoms with E-state index in [1.54, 1.807) is 11.9 Å². The van der Waals surface area contributed by atoms with Crippen LogP contribution in [0, 0.1) is 0 Å². The van der Waals surface area contributed by atoms with E-state index in [2.05, 4.69) is 5.32 Å². The summed E-state index contributed by atoms with van der Waals surface area (Å²) in [5.41, 5.74) is 1.66. The minimum atomic E-state index is -0.589. The summed E-state index contributed by atoms with van der Waals surface area (Å²) >= 11 is 0. The summed E-state index contributed by atoms with van der Waals surface area (Å²) in [6.45, 7) is 1.16. The Kier molecular flexibility index (Phi) is 4.80. The van der Waals surface area contributed by atoms with Gasteiger partial charge in [0.25, 0.3) is 11.8 Å². The molecule has 1 aromatic rings. The largest absolute Gasteiger partial charge is 0.378 e. The van der Waals surface area contributed by atoms with E-state index in [4.69, 9.17) is 4.74 Å². The molecule has 114 valence electrons. The van der Waals surface area contributed by atoms with E-state index in [0.717, 1.165) is 5.69 Å². The third kappa shape index (κ3) is 3.52. The zero-order valence-electron chi connectivity index (χ0n) is 12.6. The number of hydrogen-bond acceptors (Lipinski definition) is 4. The molecule has 0 bridgehead atoms. The molecule has 1 saturated heterocycles. The number of rotatable bonds is 3. The first-order valence-electron chi connectivity index (χ1n) is 6.93. The molecule has 0 aliphatic carbocycles. The van der Waals surface area contributed by atoms with Crippen molar-refractivity contribution in [2.24, 2.45) is 0 Å². The van der Waals surface area contributed by atoms with Crippen LogP contribution in [0.2, 0.25) is 0 Å². The van der Waals surface area contributed by atoms with Gasteiger partial charge in [-0.25, -0.2) is 0 Å². The molecule has 6 heteroatoms. The Bertz CT molecular complexity index is 513. The van der Waals surface area contributed by atoms with Crippen LogP contribution in [-0.2, 0) is 9.53 Å². The summed E-state index contributed by atoms with van der Waals surface area (Å²) in [7, 11) is 5.46. The maximum Gasteiger partial charge on any atom is 0.254 e. The van der Waals surface area contributed by atoms with E-state index in [9.17, 15) is 9.59 Å². The molecule has 0 spiro atoms. The molecule has 1 aliphatic heterocycles. The molecule has 1 aromatic carbocycles. The van der Waals surface area contributed by atoms with E-state index in [1.807, 2.05) is 43.3 Å². The average molecular weight is 291 g/mol. The van der Waals surface area contributed by atoms with Crippen molar-refractivity contribution in [2.75, 3.05) is 45.7 Å². The second-order valence-corrected chi connectivity index (χ2v) is 5.17. The Morgan fingerprint density at radius 2 is 1.95 bits per heavy atom. The van der Waals surface area contributed by atoms with Gasteiger partial charge >= 0.3 is 0 Å². The Morgan fingerprint density at radius 1 is 1.29 bits per heavy atom. The van der Waals surface area contributed by atoms with E-state index in [-0.39, 0.29) is 18.4 Å². The van der Waals surface area contributed by atoms with E-state index in [1.165, 1.54) is 0 Å². The van der Waals surface area contributed by atoms with Crippen molar-refractivity contribution in [3.63, 3.8) is 0 Å². The summed E-state index contributed by atoms with van der Waals surface area (Å²) in [5.74, 6) is -0.270. The lowest BCUT2D eigenvalue weighted by atomic mass is 10.1. The van der Waals surface area contributed by atoms with Gasteiger partial charge < -0.3 is 19.9 Å². The number of nitrogens with zero attached hydrogens (tertiary/aromatic N) is 2. The van der Waals surface area contributed by atoms with E-state index in [0.29, 0.717) is 18.7 Å². The second kappa shape index (κ2) is 6.58. The normalized spacial score (nSPS) is 18.2. The third-order valence-electron chi connectivity index (χ3n) is 3.52. The van der Waals surface area contributed by atoms with Crippen LogP contribution in [0.1, 0.15) is 10.4 Å². The average Bonchev–Trinajstić information content (AvgIpc) is 2.53. The maximum atomic E-state index is 12.5. The van der Waals surface area contributed by atoms with Crippen LogP contribution in [0.3, 0.4) is 0 Å². The first-order chi connectivity index (χ1) is 10.0. The van der Waals surface area contributed by atoms with Gasteiger partial charge in [0.15, 0.2) is 6.10 Å². The fourth-order valence-corrected chi connectivity index (χ4v) is 2.24. The maximum absolute atomic E-state index is 12.5. The summed E-state index contributed by atoms with van der Waals surface area (Å²) < 4.78 is 5.38. The number of nitrogens with one attached hydrogen (secondary N) is 1. The zero-order chi connectivity index (χ0) is 15.4. The molecule has 0 unspecified atom stereocenters. The molecule has 1 fully saturated rings. The monoisotopic (exact) mass is 291 g/mol. The van der Waals surface area contributed by atoms with Crippen LogP contribution in [0.25, 0.3) is 0 Å². The highest BCUT2D eigenvalue weighted by Crippen LogP contribution is 2.15. The van der Waals surface area contributed by atoms with Gasteiger partial charge in [-0.15, -0.1) is 0 Å². The third-order valence-corrected chi connectivity index (χ3v) is 3.52. The number of likely N-dealkylation sites (N-methyl/N-ethyl adjacent to an activating group) is 1. The van der Waals surface area contributed by atoms with E-state index < -0.39 is 6.10 Å². The van der Waals surface area contributed by atoms with Crippen molar-refractivity contribution in [1.29, 1.82) is 0 Å². The fourth-order valence-electron chi connectivity index (χ4n) is 2.24. The molecular weight excluding hydrogens is 270 g/mol. The predicted octanol–water partition coefficient (Wildman–Crippen LogP) is 0.340. The second-order valence-electron chi connectivity index (χ2n) is 5.17. The van der Waals surface area contributed by atoms with Crippen molar-refractivity contribution >= 4 is 17.5 Å². The number of carbonyl (C=O) groups excluding carboxylic acids is 2. The number of amides is 2. The minimum absolute atomic E-state index is 0.0718. The molecule has 1 atom stereocenters. The smallest absolute Gasteiger partial charge is 0.254 e. The van der Waals surface area contributed by atoms with Crippen molar-refractivity contribution in [3.05, 3.63) is 29.8 Å². The lowest BCUT2D eigenvalue weighted by molar-refractivity contribution is -0.136. The van der Waals surface area contributed by atoms with Crippen LogP contribution < -0.4 is 10.2 Å². The van der Waals surface area contributed by atoms with Crippen LogP contribution in [0.15, 0.2) is 24.3 Å². The van der Waals surface area contributed by atoms with Crippen LogP contribution in [-0.4, -0.2) is 63.7 Å². The van der Waals surface area contributed by atoms with Crippen LogP contribution >= 0.6 is 0 Å². The Labute approximate surface area is 124 Å². The molecule has 0 radical (unpaired) electrons. The summed E-state index contributed by atoms with van der Waals surface area (Å²) in [5, 5.41) is 2.55. The Morgan fingerprint density at radius 3 is 2.52 bits per heavy atom. The summed E-state index contributed by atoms with van der Waals surface area (Å²) in [6, 6.07) is 7.43. The molecule has 0 aromatic heterocycles. The highest BCUT2D eigenvalue weighted by molar-refractivity contribution is 5.95. The summed E-state index contributed by atoms with van der Waals surface area (Å²) in [6.07, 6.45) is -0.589. The van der Waals surface area contributed by atoms with Gasteiger partial charge in [-0.3, -0.25) is 9.59 Å². The highest BCUT2D eigenvalue weighted by atomic mass is 16.5. The van der Waals surface area contributed by atoms with Gasteiger partial charge in [-0.2, -0.15) is 0 Å². The summed E-state index contributed by atoms with van der Waals surface area (Å²) in [4.78, 5) is 27.7. The first-order valence-corrected chi connectivity index (χ1v) is 6.93. The Hall–Kier alpha value is -2.08. The van der Waals surface area contributed by atoms with Crippen LogP contribution in [0.4, 0.5) is 5.69 Å². The topological polar surface area (TPSA) is 61.9 Å². The molecule has 1 aliphatic rings. The van der Waals surface area contributed by atoms with Crippen molar-refractivity contribution in [1.82, 2.24) is 10.2 Å². The van der Waals surface area contributed by atoms with Crippen molar-refractivity contribution < 1.29 is 14.3 Å². The molecule has 2 rings (SSSR count). The Balaban J connectivity index is 2.06. The van der Waals surface area contributed by atoms with Crippen molar-refractivity contribution in [2.45, 2.75) is 6.10 Å². The number of anilines is 1. The lowest BCUT2D eigenvalue weighted by Crippen LogP contribution is -2.51. The number of morpholine rings is 1. The minimum Gasteiger partial charge on any atom is -0.378 e. The standard InChI is InChI=1S/C15H21N3O3/c1-16-14(19)13-10-18(8-9-21-13)15(20)11-4-6-12(7-5-11)17(2)3/h4-7,13H,8-10H2,1-3H3,(H,16,19)/t13-/m0/s1. The quantitative estimate of drug-likeness (QED) is 0.872. The number of carbonyl (C=O) groups is 2.